The molecule has 2 heterocycles. The van der Waals surface area contributed by atoms with Crippen molar-refractivity contribution in [1.82, 2.24) is 4.90 Å². The van der Waals surface area contributed by atoms with Crippen molar-refractivity contribution in [3.05, 3.63) is 12.2 Å². The lowest BCUT2D eigenvalue weighted by Gasteiger charge is -2.35. The average Bonchev–Trinajstić information content (AvgIpc) is 3.11. The summed E-state index contributed by atoms with van der Waals surface area (Å²) in [6.45, 7) is 0. The molecule has 0 radical (unpaired) electrons. The summed E-state index contributed by atoms with van der Waals surface area (Å²) in [6.07, 6.45) is 6.73. The van der Waals surface area contributed by atoms with Crippen LogP contribution in [0, 0.1) is 17.8 Å². The molecule has 2 aliphatic carbocycles. The largest absolute Gasteiger partial charge is 0.467 e. The van der Waals surface area contributed by atoms with E-state index in [-0.39, 0.29) is 23.8 Å². The quantitative estimate of drug-likeness (QED) is 0.516. The van der Waals surface area contributed by atoms with Crippen molar-refractivity contribution in [3.8, 4) is 0 Å². The molecule has 1 amide bonds. The van der Waals surface area contributed by atoms with Gasteiger partial charge in [-0.25, -0.2) is 4.79 Å². The first-order chi connectivity index (χ1) is 9.20. The minimum absolute atomic E-state index is 0.0518. The molecule has 4 aliphatic rings. The van der Waals surface area contributed by atoms with Crippen LogP contribution in [0.15, 0.2) is 17.1 Å². The number of rotatable bonds is 1. The highest BCUT2D eigenvalue weighted by Crippen LogP contribution is 2.49. The van der Waals surface area contributed by atoms with Crippen LogP contribution in [0.25, 0.3) is 0 Å². The molecule has 5 heteroatoms. The van der Waals surface area contributed by atoms with Crippen molar-refractivity contribution in [3.63, 3.8) is 0 Å². The first-order valence-corrected chi connectivity index (χ1v) is 6.86. The summed E-state index contributed by atoms with van der Waals surface area (Å²) in [5.41, 5.74) is 0. The summed E-state index contributed by atoms with van der Waals surface area (Å²) in [5, 5.41) is 0. The van der Waals surface area contributed by atoms with Gasteiger partial charge in [-0.15, -0.1) is 0 Å². The number of ether oxygens (including phenoxy) is 1. The molecule has 0 unspecified atom stereocenters. The first-order valence-electron chi connectivity index (χ1n) is 6.86. The number of hydrogen-bond acceptors (Lipinski definition) is 4. The molecule has 5 nitrogen and oxygen atoms in total. The fourth-order valence-corrected chi connectivity index (χ4v) is 4.10. The molecule has 0 aromatic rings. The molecular weight excluding hydrogens is 244 g/mol. The van der Waals surface area contributed by atoms with Crippen LogP contribution in [0.2, 0.25) is 0 Å². The molecular formula is C14H16N2O3. The van der Waals surface area contributed by atoms with Gasteiger partial charge in [0, 0.05) is 12.3 Å². The van der Waals surface area contributed by atoms with Crippen LogP contribution in [-0.2, 0) is 14.3 Å². The third-order valence-electron chi connectivity index (χ3n) is 4.94. The normalized spacial score (nSPS) is 42.2. The Morgan fingerprint density at radius 2 is 2.21 bits per heavy atom. The Morgan fingerprint density at radius 1 is 1.42 bits per heavy atom. The molecule has 2 aliphatic heterocycles. The SMILES string of the molecule is COC(=O)[C@@H]1CCC2=N[C@@H]3[C@H](C(=O)N21)[C@H]1C=C[C@H]3C1. The summed E-state index contributed by atoms with van der Waals surface area (Å²) in [7, 11) is 1.37. The molecule has 0 aromatic heterocycles. The zero-order valence-corrected chi connectivity index (χ0v) is 10.8. The Labute approximate surface area is 111 Å². The number of amides is 1. The number of allylic oxidation sites excluding steroid dienone is 1. The molecule has 0 N–H and O–H groups in total. The Morgan fingerprint density at radius 3 is 3.00 bits per heavy atom. The lowest BCUT2D eigenvalue weighted by atomic mass is 9.86. The highest BCUT2D eigenvalue weighted by molar-refractivity contribution is 6.07. The number of carbonyl (C=O) groups is 2. The van der Waals surface area contributed by atoms with Crippen molar-refractivity contribution < 1.29 is 14.3 Å². The van der Waals surface area contributed by atoms with Gasteiger partial charge in [-0.1, -0.05) is 12.2 Å². The summed E-state index contributed by atoms with van der Waals surface area (Å²) >= 11 is 0. The Hall–Kier alpha value is -1.65. The summed E-state index contributed by atoms with van der Waals surface area (Å²) in [4.78, 5) is 30.9. The molecule has 1 saturated heterocycles. The third kappa shape index (κ3) is 1.33. The van der Waals surface area contributed by atoms with Crippen LogP contribution in [-0.4, -0.2) is 41.8 Å². The molecule has 2 bridgehead atoms. The third-order valence-corrected chi connectivity index (χ3v) is 4.94. The number of esters is 1. The maximum absolute atomic E-state index is 12.7. The van der Waals surface area contributed by atoms with E-state index in [1.54, 1.807) is 4.90 Å². The highest BCUT2D eigenvalue weighted by Gasteiger charge is 2.55. The number of aliphatic imine (C=N–C) groups is 1. The fraction of sp³-hybridized carbons (Fsp3) is 0.643. The Kier molecular flexibility index (Phi) is 2.17. The zero-order chi connectivity index (χ0) is 13.1. The highest BCUT2D eigenvalue weighted by atomic mass is 16.5. The summed E-state index contributed by atoms with van der Waals surface area (Å²) in [6, 6.07) is -0.342. The van der Waals surface area contributed by atoms with Crippen LogP contribution in [0.4, 0.5) is 0 Å². The van der Waals surface area contributed by atoms with Gasteiger partial charge in [-0.05, 0) is 18.8 Å². The number of hydrogen-bond donors (Lipinski definition) is 0. The van der Waals surface area contributed by atoms with Gasteiger partial charge < -0.3 is 4.74 Å². The van der Waals surface area contributed by atoms with Gasteiger partial charge in [0.15, 0.2) is 0 Å². The van der Waals surface area contributed by atoms with Crippen molar-refractivity contribution in [2.24, 2.45) is 22.7 Å². The van der Waals surface area contributed by atoms with Crippen LogP contribution < -0.4 is 0 Å². The van der Waals surface area contributed by atoms with Crippen LogP contribution in [0.5, 0.6) is 0 Å². The van der Waals surface area contributed by atoms with E-state index in [1.165, 1.54) is 7.11 Å². The fourth-order valence-electron chi connectivity index (χ4n) is 4.10. The van der Waals surface area contributed by atoms with E-state index in [2.05, 4.69) is 12.2 Å². The lowest BCUT2D eigenvalue weighted by molar-refractivity contribution is -0.150. The van der Waals surface area contributed by atoms with Gasteiger partial charge >= 0.3 is 5.97 Å². The number of carbonyl (C=O) groups excluding carboxylic acids is 2. The maximum Gasteiger partial charge on any atom is 0.329 e. The standard InChI is InChI=1S/C14H16N2O3/c1-19-14(18)9-4-5-10-15-12-8-3-2-7(6-8)11(12)13(17)16(9)10/h2-3,7-9,11-12H,4-6H2,1H3/t7-,8-,9-,11+,12-/m0/s1. The zero-order valence-electron chi connectivity index (χ0n) is 10.8. The van der Waals surface area contributed by atoms with E-state index in [9.17, 15) is 9.59 Å². The number of fused-ring (bicyclic) bond motifs is 6. The minimum Gasteiger partial charge on any atom is -0.467 e. The molecule has 100 valence electrons. The van der Waals surface area contributed by atoms with E-state index in [0.717, 1.165) is 12.3 Å². The van der Waals surface area contributed by atoms with Crippen LogP contribution in [0.1, 0.15) is 19.3 Å². The van der Waals surface area contributed by atoms with Gasteiger partial charge in [0.25, 0.3) is 0 Å². The van der Waals surface area contributed by atoms with Gasteiger partial charge in [0.2, 0.25) is 5.91 Å². The molecule has 19 heavy (non-hydrogen) atoms. The number of nitrogens with zero attached hydrogens (tertiary/aromatic N) is 2. The maximum atomic E-state index is 12.7. The smallest absolute Gasteiger partial charge is 0.329 e. The van der Waals surface area contributed by atoms with Crippen LogP contribution in [0.3, 0.4) is 0 Å². The van der Waals surface area contributed by atoms with Crippen molar-refractivity contribution in [1.29, 1.82) is 0 Å². The second kappa shape index (κ2) is 3.68. The lowest BCUT2D eigenvalue weighted by Crippen LogP contribution is -2.52. The molecule has 0 aromatic carbocycles. The van der Waals surface area contributed by atoms with E-state index < -0.39 is 6.04 Å². The first kappa shape index (κ1) is 11.2. The minimum atomic E-state index is -0.458. The van der Waals surface area contributed by atoms with E-state index in [1.807, 2.05) is 0 Å². The van der Waals surface area contributed by atoms with Crippen molar-refractivity contribution >= 4 is 17.7 Å². The Balaban J connectivity index is 1.72. The summed E-state index contributed by atoms with van der Waals surface area (Å²) in [5.74, 6) is 1.24. The number of methoxy groups -OCH3 is 1. The van der Waals surface area contributed by atoms with Gasteiger partial charge in [-0.2, -0.15) is 0 Å². The van der Waals surface area contributed by atoms with Gasteiger partial charge in [0.05, 0.1) is 19.1 Å². The van der Waals surface area contributed by atoms with Gasteiger partial charge in [0.1, 0.15) is 11.9 Å². The van der Waals surface area contributed by atoms with E-state index in [0.29, 0.717) is 24.7 Å². The Bertz CT molecular complexity index is 525. The monoisotopic (exact) mass is 260 g/mol. The van der Waals surface area contributed by atoms with Crippen LogP contribution >= 0.6 is 0 Å². The van der Waals surface area contributed by atoms with Gasteiger partial charge in [-0.3, -0.25) is 14.7 Å². The van der Waals surface area contributed by atoms with E-state index in [4.69, 9.17) is 9.73 Å². The second-order valence-electron chi connectivity index (χ2n) is 5.80. The van der Waals surface area contributed by atoms with E-state index >= 15 is 0 Å². The molecule has 0 spiro atoms. The van der Waals surface area contributed by atoms with Crippen molar-refractivity contribution in [2.45, 2.75) is 31.3 Å². The summed E-state index contributed by atoms with van der Waals surface area (Å²) < 4.78 is 4.80. The molecule has 2 fully saturated rings. The van der Waals surface area contributed by atoms with Crippen molar-refractivity contribution in [2.75, 3.05) is 7.11 Å². The second-order valence-corrected chi connectivity index (χ2v) is 5.80. The average molecular weight is 260 g/mol. The molecule has 5 atom stereocenters. The predicted molar refractivity (Wildman–Crippen MR) is 67.3 cm³/mol. The topological polar surface area (TPSA) is 59.0 Å². The predicted octanol–water partition coefficient (Wildman–Crippen LogP) is 0.753. The number of amidine groups is 1. The molecule has 1 saturated carbocycles. The molecule has 4 rings (SSSR count).